The zero-order valence-corrected chi connectivity index (χ0v) is 10.5. The Bertz CT molecular complexity index is 375. The molecule has 2 rings (SSSR count). The number of aryl methyl sites for hydroxylation is 1. The molecule has 1 unspecified atom stereocenters. The first-order valence-corrected chi connectivity index (χ1v) is 6.35. The smallest absolute Gasteiger partial charge is 0.186 e. The van der Waals surface area contributed by atoms with Crippen molar-refractivity contribution in [2.75, 3.05) is 26.7 Å². The summed E-state index contributed by atoms with van der Waals surface area (Å²) in [5.41, 5.74) is 0. The van der Waals surface area contributed by atoms with Crippen molar-refractivity contribution in [1.29, 1.82) is 0 Å². The van der Waals surface area contributed by atoms with Crippen molar-refractivity contribution in [2.45, 2.75) is 19.4 Å². The summed E-state index contributed by atoms with van der Waals surface area (Å²) >= 11 is 1.58. The molecule has 16 heavy (non-hydrogen) atoms. The number of carbonyl (C=O) groups excluding carboxylic acids is 1. The van der Waals surface area contributed by atoms with Gasteiger partial charge in [0.25, 0.3) is 0 Å². The molecule has 0 aliphatic carbocycles. The van der Waals surface area contributed by atoms with Crippen LogP contribution in [0.15, 0.2) is 12.1 Å². The molecule has 4 heteroatoms. The minimum Gasteiger partial charge on any atom is -0.380 e. The summed E-state index contributed by atoms with van der Waals surface area (Å²) in [6.07, 6.45) is 1.34. The van der Waals surface area contributed by atoms with E-state index in [2.05, 4.69) is 4.90 Å². The Balaban J connectivity index is 1.89. The Morgan fingerprint density at radius 1 is 1.62 bits per heavy atom. The van der Waals surface area contributed by atoms with Crippen molar-refractivity contribution in [2.24, 2.45) is 0 Å². The second-order valence-electron chi connectivity index (χ2n) is 4.21. The molecular weight excluding hydrogens is 222 g/mol. The molecule has 1 aliphatic heterocycles. The fourth-order valence-corrected chi connectivity index (χ4v) is 2.80. The van der Waals surface area contributed by atoms with Crippen molar-refractivity contribution >= 4 is 17.1 Å². The molecule has 0 amide bonds. The molecule has 1 atom stereocenters. The van der Waals surface area contributed by atoms with Crippen LogP contribution in [0.1, 0.15) is 21.0 Å². The van der Waals surface area contributed by atoms with Crippen LogP contribution in [0.3, 0.4) is 0 Å². The fraction of sp³-hybridized carbons (Fsp3) is 0.583. The lowest BCUT2D eigenvalue weighted by Crippen LogP contribution is -2.28. The second-order valence-corrected chi connectivity index (χ2v) is 5.50. The van der Waals surface area contributed by atoms with E-state index in [9.17, 15) is 4.79 Å². The van der Waals surface area contributed by atoms with Crippen LogP contribution in [0.25, 0.3) is 0 Å². The minimum atomic E-state index is 0.231. The van der Waals surface area contributed by atoms with Gasteiger partial charge in [-0.25, -0.2) is 0 Å². The standard InChI is InChI=1S/C12H17NO2S/c1-9-3-4-12(16-9)11(14)8-13-6-5-10(7-13)15-2/h3-4,10H,5-8H2,1-2H3. The Morgan fingerprint density at radius 3 is 3.00 bits per heavy atom. The first kappa shape index (κ1) is 11.8. The van der Waals surface area contributed by atoms with Crippen molar-refractivity contribution in [3.63, 3.8) is 0 Å². The highest BCUT2D eigenvalue weighted by atomic mass is 32.1. The first-order valence-electron chi connectivity index (χ1n) is 5.54. The molecule has 88 valence electrons. The predicted molar refractivity (Wildman–Crippen MR) is 65.2 cm³/mol. The van der Waals surface area contributed by atoms with Gasteiger partial charge in [0, 0.05) is 25.1 Å². The molecule has 1 aromatic rings. The van der Waals surface area contributed by atoms with Crippen LogP contribution in [0.2, 0.25) is 0 Å². The Kier molecular flexibility index (Phi) is 3.74. The van der Waals surface area contributed by atoms with Crippen LogP contribution in [-0.4, -0.2) is 43.5 Å². The molecule has 0 saturated carbocycles. The zero-order valence-electron chi connectivity index (χ0n) is 9.73. The zero-order chi connectivity index (χ0) is 11.5. The number of ketones is 1. The number of methoxy groups -OCH3 is 1. The normalized spacial score (nSPS) is 21.5. The van der Waals surface area contributed by atoms with E-state index in [-0.39, 0.29) is 5.78 Å². The van der Waals surface area contributed by atoms with E-state index >= 15 is 0 Å². The molecule has 0 radical (unpaired) electrons. The number of carbonyl (C=O) groups is 1. The van der Waals surface area contributed by atoms with Crippen LogP contribution in [0.4, 0.5) is 0 Å². The van der Waals surface area contributed by atoms with Gasteiger partial charge in [-0.3, -0.25) is 9.69 Å². The summed E-state index contributed by atoms with van der Waals surface area (Å²) in [5, 5.41) is 0. The number of nitrogens with zero attached hydrogens (tertiary/aromatic N) is 1. The van der Waals surface area contributed by atoms with Gasteiger partial charge in [-0.05, 0) is 25.5 Å². The van der Waals surface area contributed by atoms with Crippen molar-refractivity contribution in [1.82, 2.24) is 4.90 Å². The van der Waals surface area contributed by atoms with E-state index in [0.717, 1.165) is 24.4 Å². The average molecular weight is 239 g/mol. The molecule has 1 fully saturated rings. The van der Waals surface area contributed by atoms with Gasteiger partial charge in [-0.2, -0.15) is 0 Å². The maximum absolute atomic E-state index is 11.9. The average Bonchev–Trinajstić information content (AvgIpc) is 2.87. The van der Waals surface area contributed by atoms with Crippen LogP contribution in [0, 0.1) is 6.92 Å². The van der Waals surface area contributed by atoms with Gasteiger partial charge in [0.15, 0.2) is 5.78 Å². The summed E-state index contributed by atoms with van der Waals surface area (Å²) in [7, 11) is 1.73. The number of thiophene rings is 1. The summed E-state index contributed by atoms with van der Waals surface area (Å²) < 4.78 is 5.28. The molecule has 2 heterocycles. The number of Topliss-reactive ketones (excluding diaryl/α,β-unsaturated/α-hetero) is 1. The molecule has 1 saturated heterocycles. The predicted octanol–water partition coefficient (Wildman–Crippen LogP) is 1.96. The number of ether oxygens (including phenoxy) is 1. The summed E-state index contributed by atoms with van der Waals surface area (Å²) in [4.78, 5) is 16.2. The fourth-order valence-electron chi connectivity index (χ4n) is 2.00. The molecule has 1 aromatic heterocycles. The van der Waals surface area contributed by atoms with Crippen molar-refractivity contribution in [3.8, 4) is 0 Å². The Hall–Kier alpha value is -0.710. The topological polar surface area (TPSA) is 29.5 Å². The van der Waals surface area contributed by atoms with E-state index in [1.54, 1.807) is 18.4 Å². The van der Waals surface area contributed by atoms with E-state index in [0.29, 0.717) is 12.6 Å². The third-order valence-corrected chi connectivity index (χ3v) is 3.99. The van der Waals surface area contributed by atoms with Gasteiger partial charge in [-0.15, -0.1) is 11.3 Å². The highest BCUT2D eigenvalue weighted by Gasteiger charge is 2.24. The lowest BCUT2D eigenvalue weighted by Gasteiger charge is -2.13. The lowest BCUT2D eigenvalue weighted by atomic mass is 10.3. The molecule has 3 nitrogen and oxygen atoms in total. The van der Waals surface area contributed by atoms with E-state index < -0.39 is 0 Å². The highest BCUT2D eigenvalue weighted by molar-refractivity contribution is 7.14. The number of hydrogen-bond acceptors (Lipinski definition) is 4. The van der Waals surface area contributed by atoms with Gasteiger partial charge in [-0.1, -0.05) is 0 Å². The maximum atomic E-state index is 11.9. The van der Waals surface area contributed by atoms with Crippen molar-refractivity contribution in [3.05, 3.63) is 21.9 Å². The molecule has 1 aliphatic rings. The van der Waals surface area contributed by atoms with Crippen LogP contribution in [-0.2, 0) is 4.74 Å². The van der Waals surface area contributed by atoms with Gasteiger partial charge in [0.1, 0.15) is 0 Å². The number of hydrogen-bond donors (Lipinski definition) is 0. The molecular formula is C12H17NO2S. The summed E-state index contributed by atoms with van der Waals surface area (Å²) in [6.45, 7) is 4.40. The molecule has 0 bridgehead atoms. The van der Waals surface area contributed by atoms with Gasteiger partial charge in [0.05, 0.1) is 17.5 Å². The van der Waals surface area contributed by atoms with E-state index in [1.165, 1.54) is 4.88 Å². The third-order valence-electron chi connectivity index (χ3n) is 2.94. The third kappa shape index (κ3) is 2.70. The number of rotatable bonds is 4. The lowest BCUT2D eigenvalue weighted by molar-refractivity contribution is 0.0902. The maximum Gasteiger partial charge on any atom is 0.186 e. The van der Waals surface area contributed by atoms with Crippen LogP contribution < -0.4 is 0 Å². The van der Waals surface area contributed by atoms with Crippen LogP contribution >= 0.6 is 11.3 Å². The minimum absolute atomic E-state index is 0.231. The van der Waals surface area contributed by atoms with Gasteiger partial charge < -0.3 is 4.74 Å². The largest absolute Gasteiger partial charge is 0.380 e. The highest BCUT2D eigenvalue weighted by Crippen LogP contribution is 2.18. The van der Waals surface area contributed by atoms with Crippen molar-refractivity contribution < 1.29 is 9.53 Å². The van der Waals surface area contributed by atoms with Gasteiger partial charge >= 0.3 is 0 Å². The van der Waals surface area contributed by atoms with E-state index in [1.807, 2.05) is 19.1 Å². The molecule has 0 aromatic carbocycles. The molecule has 0 spiro atoms. The van der Waals surface area contributed by atoms with Crippen LogP contribution in [0.5, 0.6) is 0 Å². The monoisotopic (exact) mass is 239 g/mol. The SMILES string of the molecule is COC1CCN(CC(=O)c2ccc(C)s2)C1. The molecule has 0 N–H and O–H groups in total. The van der Waals surface area contributed by atoms with Gasteiger partial charge in [0.2, 0.25) is 0 Å². The summed E-state index contributed by atoms with van der Waals surface area (Å²) in [6, 6.07) is 3.92. The Labute approximate surface area is 100 Å². The van der Waals surface area contributed by atoms with E-state index in [4.69, 9.17) is 4.74 Å². The first-order chi connectivity index (χ1) is 7.69. The Morgan fingerprint density at radius 2 is 2.44 bits per heavy atom. The quantitative estimate of drug-likeness (QED) is 0.752. The number of likely N-dealkylation sites (tertiary alicyclic amines) is 1. The summed E-state index contributed by atoms with van der Waals surface area (Å²) in [5.74, 6) is 0.231. The second kappa shape index (κ2) is 5.08.